The van der Waals surface area contributed by atoms with E-state index in [1.165, 1.54) is 44.4 Å². The van der Waals surface area contributed by atoms with Gasteiger partial charge in [-0.25, -0.2) is 14.4 Å². The number of aliphatic hydroxyl groups excluding tert-OH is 1. The van der Waals surface area contributed by atoms with Gasteiger partial charge in [0.05, 0.1) is 102 Å². The first-order valence-electron chi connectivity index (χ1n) is 40.8. The van der Waals surface area contributed by atoms with E-state index in [-0.39, 0.29) is 93.6 Å². The molecule has 2 aromatic carbocycles. The average molecular weight is 1660 g/mol. The molecule has 0 bridgehead atoms. The van der Waals surface area contributed by atoms with Crippen LogP contribution in [0.1, 0.15) is 171 Å². The Morgan fingerprint density at radius 2 is 1.24 bits per heavy atom. The summed E-state index contributed by atoms with van der Waals surface area (Å²) in [5, 5.41) is 25.0. The van der Waals surface area contributed by atoms with Crippen molar-refractivity contribution in [2.24, 2.45) is 41.4 Å². The predicted molar refractivity (Wildman–Crippen MR) is 426 cm³/mol. The number of methoxy groups -OCH3 is 3. The maximum Gasteiger partial charge on any atom is 0.410 e. The second-order valence-electron chi connectivity index (χ2n) is 30.8. The normalized spacial score (nSPS) is 21.2. The molecule has 117 heavy (non-hydrogen) atoms. The number of likely N-dealkylation sites (N-methyl/N-ethyl adjacent to an activating group) is 2. The number of alkyl carbamates (subject to hydrolysis) is 1. The van der Waals surface area contributed by atoms with Gasteiger partial charge in [-0.15, -0.1) is 0 Å². The Bertz CT molecular complexity index is 3510. The number of carbonyl (C=O) groups is 12. The standard InChI is InChI=1S/C83H130N8O26/c1-19-26-59-60(27-20-2)61(59)47-111-82(103)85-36-39-109-41-43-110-42-40-108-38-35-84-65(95)33-34-66(96)87-58-31-32-63(116-81-76(115-55(13)94)74(114-54(12)93)73(113-53(11)92)75(117-81)80(102)107-18)57(44-58)46-112-83(104)90(15)69(49(6)7)78(100)88-68(48(4)5)79(101)89(14)70(50(8)21-3)64(105-16)45-67(97)91-37-25-30-62(91)72(106-17)51(9)77(99)86-52(10)71(98)56-28-23-22-24-29-56/h22-24,28-29,31-32,44,48-52,59-62,64,68-76,81,98H,19-21,25-27,30,33-43,45-47H2,1-18H3,(H,84,95)(H,85,103)(H,86,99)(H,87,96)(H,88,100)/t50-,51+,52+,59-,60+,61?,62-,64+,68-,69-,70-,71+,72+,73-,74?,75?,76?,81+/m0/s1. The summed E-state index contributed by atoms with van der Waals surface area (Å²) in [4.78, 5) is 167. The van der Waals surface area contributed by atoms with E-state index in [9.17, 15) is 57.8 Å². The highest BCUT2D eigenvalue weighted by Gasteiger charge is 2.56. The van der Waals surface area contributed by atoms with Crippen molar-refractivity contribution < 1.29 is 124 Å². The molecule has 8 amide bonds. The van der Waals surface area contributed by atoms with Gasteiger partial charge in [-0.3, -0.25) is 48.1 Å². The number of nitrogens with one attached hydrogen (secondary N) is 5. The first-order valence-corrected chi connectivity index (χ1v) is 40.8. The second-order valence-corrected chi connectivity index (χ2v) is 30.8. The van der Waals surface area contributed by atoms with Crippen molar-refractivity contribution in [1.29, 1.82) is 0 Å². The zero-order chi connectivity index (χ0) is 86.8. The number of benzene rings is 2. The second kappa shape index (κ2) is 50.2. The predicted octanol–water partition coefficient (Wildman–Crippen LogP) is 6.72. The van der Waals surface area contributed by atoms with Gasteiger partial charge in [-0.2, -0.15) is 0 Å². The van der Waals surface area contributed by atoms with Gasteiger partial charge < -0.3 is 103 Å². The van der Waals surface area contributed by atoms with E-state index in [0.717, 1.165) is 58.5 Å². The molecule has 0 spiro atoms. The minimum atomic E-state index is -1.89. The van der Waals surface area contributed by atoms with Gasteiger partial charge in [0, 0.05) is 92.8 Å². The summed E-state index contributed by atoms with van der Waals surface area (Å²) in [7, 11) is 6.87. The molecular formula is C83H130N8O26. The van der Waals surface area contributed by atoms with Crippen molar-refractivity contribution in [1.82, 2.24) is 36.0 Å². The van der Waals surface area contributed by atoms with Crippen molar-refractivity contribution in [2.75, 3.05) is 107 Å². The summed E-state index contributed by atoms with van der Waals surface area (Å²) in [6.45, 7) is 23.6. The molecule has 34 nitrogen and oxygen atoms in total. The van der Waals surface area contributed by atoms with E-state index in [2.05, 4.69) is 40.4 Å². The lowest BCUT2D eigenvalue weighted by Gasteiger charge is -2.43. The fourth-order valence-electron chi connectivity index (χ4n) is 15.2. The fraction of sp³-hybridized carbons (Fsp3) is 0.711. The molecule has 2 saturated heterocycles. The Morgan fingerprint density at radius 1 is 0.650 bits per heavy atom. The van der Waals surface area contributed by atoms with Crippen molar-refractivity contribution in [2.45, 2.75) is 240 Å². The first kappa shape index (κ1) is 98.8. The molecule has 6 N–H and O–H groups in total. The van der Waals surface area contributed by atoms with Crippen LogP contribution in [0.5, 0.6) is 5.75 Å². The van der Waals surface area contributed by atoms with E-state index in [1.54, 1.807) is 77.8 Å². The Labute approximate surface area is 688 Å². The number of ether oxygens (including phenoxy) is 13. The smallest absolute Gasteiger partial charge is 0.410 e. The van der Waals surface area contributed by atoms with E-state index in [4.69, 9.17) is 61.6 Å². The summed E-state index contributed by atoms with van der Waals surface area (Å²) in [6, 6.07) is 8.64. The molecule has 1 saturated carbocycles. The molecule has 5 rings (SSSR count). The number of hydrogen-bond acceptors (Lipinski definition) is 26. The molecule has 658 valence electrons. The summed E-state index contributed by atoms with van der Waals surface area (Å²) < 4.78 is 74.0. The minimum absolute atomic E-state index is 0.0312. The van der Waals surface area contributed by atoms with E-state index < -0.39 is 163 Å². The summed E-state index contributed by atoms with van der Waals surface area (Å²) in [5.41, 5.74) is 0.694. The minimum Gasteiger partial charge on any atom is -0.467 e. The summed E-state index contributed by atoms with van der Waals surface area (Å²) in [6.07, 6.45) is -7.51. The van der Waals surface area contributed by atoms with Gasteiger partial charge in [0.2, 0.25) is 47.8 Å². The van der Waals surface area contributed by atoms with Crippen molar-refractivity contribution in [3.05, 3.63) is 59.7 Å². The van der Waals surface area contributed by atoms with Crippen LogP contribution >= 0.6 is 0 Å². The number of nitrogens with zero attached hydrogens (tertiary/aromatic N) is 3. The van der Waals surface area contributed by atoms with Crippen molar-refractivity contribution in [3.63, 3.8) is 0 Å². The van der Waals surface area contributed by atoms with Gasteiger partial charge in [-0.1, -0.05) is 125 Å². The van der Waals surface area contributed by atoms with Crippen LogP contribution in [-0.4, -0.2) is 266 Å². The maximum absolute atomic E-state index is 15.1. The molecule has 18 atom stereocenters. The third kappa shape index (κ3) is 30.5. The van der Waals surface area contributed by atoms with Gasteiger partial charge >= 0.3 is 36.1 Å². The van der Waals surface area contributed by atoms with Crippen LogP contribution < -0.4 is 31.3 Å². The van der Waals surface area contributed by atoms with E-state index in [0.29, 0.717) is 68.9 Å². The quantitative estimate of drug-likeness (QED) is 0.0227. The third-order valence-corrected chi connectivity index (χ3v) is 21.4. The van der Waals surface area contributed by atoms with Crippen molar-refractivity contribution >= 4 is 77.2 Å². The lowest BCUT2D eigenvalue weighted by atomic mass is 9.89. The number of anilines is 1. The summed E-state index contributed by atoms with van der Waals surface area (Å²) in [5.74, 6) is -7.59. The lowest BCUT2D eigenvalue weighted by Crippen LogP contribution is -2.64. The molecule has 2 heterocycles. The number of carbonyl (C=O) groups excluding carboxylic acids is 12. The maximum atomic E-state index is 15.1. The van der Waals surface area contributed by atoms with Gasteiger partial charge in [0.15, 0.2) is 18.3 Å². The van der Waals surface area contributed by atoms with Gasteiger partial charge in [0.25, 0.3) is 0 Å². The number of esters is 4. The van der Waals surface area contributed by atoms with Gasteiger partial charge in [-0.05, 0) is 79.0 Å². The highest BCUT2D eigenvalue weighted by Crippen LogP contribution is 2.52. The molecule has 2 aromatic rings. The Balaban J connectivity index is 1.25. The zero-order valence-corrected chi connectivity index (χ0v) is 71.5. The monoisotopic (exact) mass is 1650 g/mol. The number of rotatable bonds is 50. The molecule has 1 aliphatic carbocycles. The fourth-order valence-corrected chi connectivity index (χ4v) is 15.2. The topological polar surface area (TPSA) is 415 Å². The first-order chi connectivity index (χ1) is 55.7. The zero-order valence-electron chi connectivity index (χ0n) is 71.5. The van der Waals surface area contributed by atoms with Crippen molar-refractivity contribution in [3.8, 4) is 5.75 Å². The largest absolute Gasteiger partial charge is 0.467 e. The van der Waals surface area contributed by atoms with Crippen LogP contribution in [0.15, 0.2) is 48.5 Å². The Hall–Kier alpha value is -8.80. The van der Waals surface area contributed by atoms with Crippen LogP contribution in [-0.2, 0) is 111 Å². The van der Waals surface area contributed by atoms with E-state index in [1.807, 2.05) is 19.9 Å². The molecule has 0 radical (unpaired) electrons. The summed E-state index contributed by atoms with van der Waals surface area (Å²) >= 11 is 0. The van der Waals surface area contributed by atoms with Crippen LogP contribution in [0.4, 0.5) is 15.3 Å². The van der Waals surface area contributed by atoms with Crippen LogP contribution in [0.25, 0.3) is 0 Å². The average Bonchev–Trinajstić information content (AvgIpc) is 1.68. The number of amides is 8. The highest BCUT2D eigenvalue weighted by atomic mass is 16.7. The molecule has 3 fully saturated rings. The molecule has 0 aromatic heterocycles. The molecule has 2 aliphatic heterocycles. The van der Waals surface area contributed by atoms with Gasteiger partial charge in [0.1, 0.15) is 24.4 Å². The SMILES string of the molecule is CCC[C@@H]1C(COC(=O)NCCOCCOCCOCCNC(=O)CCC(=O)Nc2ccc(O[C@@H]3OC(C(=O)OC)[C@@H](OC(C)=O)C(OC(C)=O)C3OC(C)=O)c(COC(=O)N(C)[C@H](C(=O)N[C@H](C(=O)N(C)[C@@H]([C@@H](C)CC)[C@@H](CC(=O)N3CCC[C@H]3[C@H](OC)[C@@H](C)C(=O)N[C@H](C)[C@@H](O)c3ccccc3)OC)C(C)C)C(C)C)c2)[C@@H]1CCC. The number of aliphatic hydroxyl groups is 1. The van der Waals surface area contributed by atoms with Crippen LogP contribution in [0, 0.1) is 41.4 Å². The lowest BCUT2D eigenvalue weighted by molar-refractivity contribution is -0.282. The van der Waals surface area contributed by atoms with Crippen LogP contribution in [0.3, 0.4) is 0 Å². The third-order valence-electron chi connectivity index (χ3n) is 21.4. The van der Waals surface area contributed by atoms with E-state index >= 15 is 4.79 Å². The molecule has 34 heteroatoms. The Morgan fingerprint density at radius 3 is 1.80 bits per heavy atom. The van der Waals surface area contributed by atoms with Crippen LogP contribution in [0.2, 0.25) is 0 Å². The highest BCUT2D eigenvalue weighted by molar-refractivity contribution is 5.94. The Kier molecular flexibility index (Phi) is 42.4. The molecular weight excluding hydrogens is 1520 g/mol. The number of hydrogen-bond donors (Lipinski definition) is 6. The molecule has 4 unspecified atom stereocenters. The molecule has 3 aliphatic rings. The number of likely N-dealkylation sites (tertiary alicyclic amines) is 1.